The molecule has 0 aliphatic heterocycles. The summed E-state index contributed by atoms with van der Waals surface area (Å²) in [7, 11) is 0. The molecule has 0 heterocycles. The van der Waals surface area contributed by atoms with E-state index in [1.165, 1.54) is 36.8 Å². The van der Waals surface area contributed by atoms with Crippen LogP contribution in [0.1, 0.15) is 31.7 Å². The van der Waals surface area contributed by atoms with Crippen molar-refractivity contribution >= 4 is 10.8 Å². The van der Waals surface area contributed by atoms with E-state index in [2.05, 4.69) is 61.2 Å². The van der Waals surface area contributed by atoms with Gasteiger partial charge in [0.05, 0.1) is 0 Å². The van der Waals surface area contributed by atoms with Crippen LogP contribution < -0.4 is 0 Å². The molecule has 2 aromatic carbocycles. The summed E-state index contributed by atoms with van der Waals surface area (Å²) >= 11 is 0. The Hall–Kier alpha value is -1.34. The number of fused-ring (bicyclic) bond motifs is 1. The van der Waals surface area contributed by atoms with Crippen molar-refractivity contribution in [2.24, 2.45) is 5.92 Å². The monoisotopic (exact) mass is 253 g/mol. The van der Waals surface area contributed by atoms with Crippen molar-refractivity contribution in [3.63, 3.8) is 0 Å². The molecule has 2 unspecified atom stereocenters. The van der Waals surface area contributed by atoms with Gasteiger partial charge in [-0.1, -0.05) is 56.3 Å². The smallest absolute Gasteiger partial charge is 0.00155 e. The molecule has 2 atom stereocenters. The third-order valence-electron chi connectivity index (χ3n) is 4.53. The molecule has 2 aromatic rings. The fraction of sp³-hybridized carbons (Fsp3) is 0.444. The molecule has 1 nitrogen and oxygen atoms in total. The highest BCUT2D eigenvalue weighted by Crippen LogP contribution is 2.49. The van der Waals surface area contributed by atoms with Crippen LogP contribution in [0.3, 0.4) is 0 Å². The van der Waals surface area contributed by atoms with E-state index in [-0.39, 0.29) is 0 Å². The summed E-state index contributed by atoms with van der Waals surface area (Å²) in [4.78, 5) is 2.55. The van der Waals surface area contributed by atoms with Crippen LogP contribution in [-0.4, -0.2) is 24.5 Å². The van der Waals surface area contributed by atoms with E-state index in [0.717, 1.165) is 11.8 Å². The highest BCUT2D eigenvalue weighted by molar-refractivity contribution is 5.86. The van der Waals surface area contributed by atoms with Crippen LogP contribution in [0.5, 0.6) is 0 Å². The Morgan fingerprint density at radius 2 is 1.74 bits per heavy atom. The van der Waals surface area contributed by atoms with E-state index in [1.54, 1.807) is 5.56 Å². The van der Waals surface area contributed by atoms with Crippen molar-refractivity contribution in [3.8, 4) is 0 Å². The van der Waals surface area contributed by atoms with E-state index < -0.39 is 0 Å². The van der Waals surface area contributed by atoms with E-state index in [0.29, 0.717) is 0 Å². The van der Waals surface area contributed by atoms with Crippen LogP contribution in [0.2, 0.25) is 0 Å². The van der Waals surface area contributed by atoms with Crippen molar-refractivity contribution in [1.82, 2.24) is 4.90 Å². The lowest BCUT2D eigenvalue weighted by atomic mass is 10.00. The second-order valence-corrected chi connectivity index (χ2v) is 5.66. The van der Waals surface area contributed by atoms with Gasteiger partial charge in [0.2, 0.25) is 0 Å². The van der Waals surface area contributed by atoms with Crippen molar-refractivity contribution in [1.29, 1.82) is 0 Å². The third-order valence-corrected chi connectivity index (χ3v) is 4.53. The van der Waals surface area contributed by atoms with Crippen LogP contribution in [0.15, 0.2) is 42.5 Å². The van der Waals surface area contributed by atoms with Crippen molar-refractivity contribution in [2.45, 2.75) is 26.2 Å². The lowest BCUT2D eigenvalue weighted by Gasteiger charge is -2.17. The standard InChI is InChI=1S/C18H23N/c1-3-19(4-2)13-15-12-18(15)17-11-7-9-14-8-5-6-10-16(14)17/h5-11,15,18H,3-4,12-13H2,1-2H3. The summed E-state index contributed by atoms with van der Waals surface area (Å²) in [5, 5.41) is 2.84. The van der Waals surface area contributed by atoms with Crippen LogP contribution in [0.25, 0.3) is 10.8 Å². The fourth-order valence-electron chi connectivity index (χ4n) is 3.22. The highest BCUT2D eigenvalue weighted by Gasteiger charge is 2.39. The average molecular weight is 253 g/mol. The minimum absolute atomic E-state index is 0.784. The van der Waals surface area contributed by atoms with Gasteiger partial charge in [0.25, 0.3) is 0 Å². The highest BCUT2D eigenvalue weighted by atomic mass is 15.1. The zero-order chi connectivity index (χ0) is 13.2. The molecule has 0 N–H and O–H groups in total. The molecule has 3 rings (SSSR count). The molecule has 0 bridgehead atoms. The molecular weight excluding hydrogens is 230 g/mol. The molecule has 19 heavy (non-hydrogen) atoms. The second kappa shape index (κ2) is 5.34. The molecule has 1 aliphatic carbocycles. The molecule has 0 radical (unpaired) electrons. The van der Waals surface area contributed by atoms with Gasteiger partial charge in [-0.25, -0.2) is 0 Å². The van der Waals surface area contributed by atoms with E-state index in [4.69, 9.17) is 0 Å². The summed E-state index contributed by atoms with van der Waals surface area (Å²) in [6, 6.07) is 15.6. The summed E-state index contributed by atoms with van der Waals surface area (Å²) < 4.78 is 0. The normalized spacial score (nSPS) is 22.1. The van der Waals surface area contributed by atoms with Gasteiger partial charge in [0.15, 0.2) is 0 Å². The quantitative estimate of drug-likeness (QED) is 0.768. The molecule has 0 saturated heterocycles. The Kier molecular flexibility index (Phi) is 3.56. The Bertz CT molecular complexity index is 551. The first-order valence-corrected chi connectivity index (χ1v) is 7.53. The van der Waals surface area contributed by atoms with Gasteiger partial charge in [0.1, 0.15) is 0 Å². The van der Waals surface area contributed by atoms with Crippen LogP contribution in [0, 0.1) is 5.92 Å². The number of hydrogen-bond acceptors (Lipinski definition) is 1. The molecule has 0 amide bonds. The van der Waals surface area contributed by atoms with Crippen LogP contribution >= 0.6 is 0 Å². The maximum absolute atomic E-state index is 2.55. The molecule has 1 saturated carbocycles. The van der Waals surface area contributed by atoms with E-state index in [9.17, 15) is 0 Å². The SMILES string of the molecule is CCN(CC)CC1CC1c1cccc2ccccc12. The number of benzene rings is 2. The van der Waals surface area contributed by atoms with Crippen molar-refractivity contribution < 1.29 is 0 Å². The van der Waals surface area contributed by atoms with Gasteiger partial charge >= 0.3 is 0 Å². The first-order valence-electron chi connectivity index (χ1n) is 7.53. The molecule has 100 valence electrons. The first-order chi connectivity index (χ1) is 9.33. The minimum atomic E-state index is 0.784. The van der Waals surface area contributed by atoms with Gasteiger partial charge in [-0.15, -0.1) is 0 Å². The van der Waals surface area contributed by atoms with Crippen LogP contribution in [-0.2, 0) is 0 Å². The predicted molar refractivity (Wildman–Crippen MR) is 82.6 cm³/mol. The maximum Gasteiger partial charge on any atom is 0.00155 e. The lowest BCUT2D eigenvalue weighted by Crippen LogP contribution is -2.25. The summed E-state index contributed by atoms with van der Waals surface area (Å²) in [5.74, 6) is 1.65. The van der Waals surface area contributed by atoms with Gasteiger partial charge in [0, 0.05) is 6.54 Å². The summed E-state index contributed by atoms with van der Waals surface area (Å²) in [5.41, 5.74) is 1.57. The maximum atomic E-state index is 2.55. The largest absolute Gasteiger partial charge is 0.304 e. The second-order valence-electron chi connectivity index (χ2n) is 5.66. The number of rotatable bonds is 5. The van der Waals surface area contributed by atoms with Gasteiger partial charge in [-0.2, -0.15) is 0 Å². The Labute approximate surface area is 116 Å². The van der Waals surface area contributed by atoms with E-state index in [1.807, 2.05) is 0 Å². The minimum Gasteiger partial charge on any atom is -0.304 e. The zero-order valence-corrected chi connectivity index (χ0v) is 12.0. The topological polar surface area (TPSA) is 3.24 Å². The van der Waals surface area contributed by atoms with Crippen molar-refractivity contribution in [2.75, 3.05) is 19.6 Å². The van der Waals surface area contributed by atoms with Crippen molar-refractivity contribution in [3.05, 3.63) is 48.0 Å². The van der Waals surface area contributed by atoms with Gasteiger partial charge in [-0.05, 0) is 47.7 Å². The molecule has 0 aromatic heterocycles. The van der Waals surface area contributed by atoms with Gasteiger partial charge < -0.3 is 4.90 Å². The Balaban J connectivity index is 1.80. The molecule has 1 aliphatic rings. The zero-order valence-electron chi connectivity index (χ0n) is 12.0. The van der Waals surface area contributed by atoms with E-state index >= 15 is 0 Å². The van der Waals surface area contributed by atoms with Gasteiger partial charge in [-0.3, -0.25) is 0 Å². The number of nitrogens with zero attached hydrogens (tertiary/aromatic N) is 1. The number of hydrogen-bond donors (Lipinski definition) is 0. The Morgan fingerprint density at radius 1 is 1.00 bits per heavy atom. The summed E-state index contributed by atoms with van der Waals surface area (Å²) in [6.45, 7) is 8.14. The molecule has 1 fully saturated rings. The molecular formula is C18H23N. The average Bonchev–Trinajstić information content (AvgIpc) is 3.23. The molecule has 0 spiro atoms. The Morgan fingerprint density at radius 3 is 2.53 bits per heavy atom. The molecule has 1 heteroatoms. The third kappa shape index (κ3) is 2.52. The lowest BCUT2D eigenvalue weighted by molar-refractivity contribution is 0.289. The predicted octanol–water partition coefficient (Wildman–Crippen LogP) is 4.29. The summed E-state index contributed by atoms with van der Waals surface area (Å²) in [6.07, 6.45) is 1.37. The fourth-order valence-corrected chi connectivity index (χ4v) is 3.22. The first kappa shape index (κ1) is 12.7. The van der Waals surface area contributed by atoms with Crippen LogP contribution in [0.4, 0.5) is 0 Å².